The fourth-order valence-corrected chi connectivity index (χ4v) is 3.58. The van der Waals surface area contributed by atoms with Crippen LogP contribution in [0.5, 0.6) is 5.75 Å². The van der Waals surface area contributed by atoms with Gasteiger partial charge >= 0.3 is 0 Å². The Morgan fingerprint density at radius 3 is 2.69 bits per heavy atom. The van der Waals surface area contributed by atoms with Gasteiger partial charge in [0, 0.05) is 18.0 Å². The molecule has 26 heavy (non-hydrogen) atoms. The number of fused-ring (bicyclic) bond motifs is 1. The highest BCUT2D eigenvalue weighted by Gasteiger charge is 2.28. The number of aryl methyl sites for hydroxylation is 1. The highest BCUT2D eigenvalue weighted by Crippen LogP contribution is 2.33. The van der Waals surface area contributed by atoms with Crippen LogP contribution in [0.25, 0.3) is 11.1 Å². The van der Waals surface area contributed by atoms with Crippen LogP contribution in [0, 0.1) is 5.82 Å². The number of nitrogens with zero attached hydrogens (tertiary/aromatic N) is 1. The highest BCUT2D eigenvalue weighted by molar-refractivity contribution is 5.63. The molecule has 2 atom stereocenters. The second-order valence-corrected chi connectivity index (χ2v) is 6.58. The van der Waals surface area contributed by atoms with Crippen LogP contribution in [0.2, 0.25) is 0 Å². The summed E-state index contributed by atoms with van der Waals surface area (Å²) in [4.78, 5) is 4.40. The minimum absolute atomic E-state index is 0.0382. The fraction of sp³-hybridized carbons (Fsp3) is 0.227. The van der Waals surface area contributed by atoms with Crippen LogP contribution in [-0.4, -0.2) is 18.1 Å². The zero-order chi connectivity index (χ0) is 17.9. The van der Waals surface area contributed by atoms with Crippen molar-refractivity contribution in [1.82, 2.24) is 10.3 Å². The molecule has 0 radical (unpaired) electrons. The summed E-state index contributed by atoms with van der Waals surface area (Å²) in [7, 11) is 1.94. The maximum Gasteiger partial charge on any atom is 0.123 e. The van der Waals surface area contributed by atoms with E-state index in [0.717, 1.165) is 35.3 Å². The Kier molecular flexibility index (Phi) is 4.67. The molecule has 0 unspecified atom stereocenters. The molecule has 0 fully saturated rings. The Morgan fingerprint density at radius 1 is 1.08 bits per heavy atom. The molecule has 1 aromatic heterocycles. The van der Waals surface area contributed by atoms with Crippen LogP contribution in [0.3, 0.4) is 0 Å². The van der Waals surface area contributed by atoms with Gasteiger partial charge in [-0.2, -0.15) is 0 Å². The van der Waals surface area contributed by atoms with E-state index >= 15 is 0 Å². The summed E-state index contributed by atoms with van der Waals surface area (Å²) in [6, 6.07) is 16.8. The summed E-state index contributed by atoms with van der Waals surface area (Å²) < 4.78 is 19.4. The van der Waals surface area contributed by atoms with Gasteiger partial charge in [-0.15, -0.1) is 0 Å². The van der Waals surface area contributed by atoms with Gasteiger partial charge in [0.15, 0.2) is 0 Å². The molecule has 1 N–H and O–H groups in total. The van der Waals surface area contributed by atoms with Crippen molar-refractivity contribution in [2.75, 3.05) is 7.05 Å². The molecule has 4 heteroatoms. The monoisotopic (exact) mass is 348 g/mol. The highest BCUT2D eigenvalue weighted by atomic mass is 19.1. The van der Waals surface area contributed by atoms with Gasteiger partial charge in [-0.25, -0.2) is 4.39 Å². The summed E-state index contributed by atoms with van der Waals surface area (Å²) >= 11 is 0. The predicted molar refractivity (Wildman–Crippen MR) is 101 cm³/mol. The van der Waals surface area contributed by atoms with Crippen LogP contribution in [0.1, 0.15) is 23.6 Å². The van der Waals surface area contributed by atoms with Gasteiger partial charge in [0.2, 0.25) is 0 Å². The van der Waals surface area contributed by atoms with E-state index in [2.05, 4.69) is 22.4 Å². The van der Waals surface area contributed by atoms with Gasteiger partial charge in [0.1, 0.15) is 17.7 Å². The Morgan fingerprint density at radius 2 is 1.88 bits per heavy atom. The molecular weight excluding hydrogens is 327 g/mol. The van der Waals surface area contributed by atoms with E-state index in [1.165, 1.54) is 17.7 Å². The molecule has 0 bridgehead atoms. The second-order valence-electron chi connectivity index (χ2n) is 6.58. The molecule has 3 aromatic rings. The molecule has 1 aliphatic heterocycles. The van der Waals surface area contributed by atoms with Gasteiger partial charge in [-0.1, -0.05) is 30.3 Å². The molecule has 0 aliphatic carbocycles. The number of hydrogen-bond donors (Lipinski definition) is 1. The van der Waals surface area contributed by atoms with Crippen molar-refractivity contribution in [3.8, 4) is 16.9 Å². The Bertz CT molecular complexity index is 895. The average Bonchev–Trinajstić information content (AvgIpc) is 2.69. The van der Waals surface area contributed by atoms with E-state index in [-0.39, 0.29) is 18.0 Å². The standard InChI is InChI=1S/C22H21FN2O/c1-24-22(21-11-8-16-4-2-3-5-20(16)26-21)18-12-17(13-25-14-18)15-6-9-19(23)10-7-15/h2-7,9-10,12-14,21-22,24H,8,11H2,1H3/t21-,22-/m0/s1. The molecule has 4 rings (SSSR count). The first-order valence-corrected chi connectivity index (χ1v) is 8.87. The van der Waals surface area contributed by atoms with Crippen molar-refractivity contribution < 1.29 is 9.13 Å². The molecule has 2 heterocycles. The van der Waals surface area contributed by atoms with Gasteiger partial charge in [-0.05, 0) is 60.8 Å². The molecular formula is C22H21FN2O. The lowest BCUT2D eigenvalue weighted by Crippen LogP contribution is -2.36. The minimum atomic E-state index is -0.236. The van der Waals surface area contributed by atoms with E-state index < -0.39 is 0 Å². The molecule has 0 amide bonds. The number of benzene rings is 2. The number of pyridine rings is 1. The van der Waals surface area contributed by atoms with E-state index in [1.54, 1.807) is 18.3 Å². The number of para-hydroxylation sites is 1. The van der Waals surface area contributed by atoms with E-state index in [0.29, 0.717) is 0 Å². The lowest BCUT2D eigenvalue weighted by Gasteiger charge is -2.32. The molecule has 1 aliphatic rings. The summed E-state index contributed by atoms with van der Waals surface area (Å²) in [5, 5.41) is 3.38. The Hall–Kier alpha value is -2.72. The van der Waals surface area contributed by atoms with Crippen LogP contribution in [0.15, 0.2) is 67.0 Å². The van der Waals surface area contributed by atoms with Gasteiger partial charge in [-0.3, -0.25) is 4.98 Å². The number of hydrogen-bond acceptors (Lipinski definition) is 3. The zero-order valence-corrected chi connectivity index (χ0v) is 14.7. The second kappa shape index (κ2) is 7.26. The van der Waals surface area contributed by atoms with Gasteiger partial charge < -0.3 is 10.1 Å². The van der Waals surface area contributed by atoms with E-state index in [9.17, 15) is 4.39 Å². The smallest absolute Gasteiger partial charge is 0.123 e. The van der Waals surface area contributed by atoms with Crippen molar-refractivity contribution in [3.05, 3.63) is 83.9 Å². The number of nitrogens with one attached hydrogen (secondary N) is 1. The minimum Gasteiger partial charge on any atom is -0.488 e. The quantitative estimate of drug-likeness (QED) is 0.751. The fourth-order valence-electron chi connectivity index (χ4n) is 3.58. The molecule has 3 nitrogen and oxygen atoms in total. The number of rotatable bonds is 4. The number of aromatic nitrogens is 1. The SMILES string of the molecule is CN[C@@H](c1cncc(-c2ccc(F)cc2)c1)[C@@H]1CCc2ccccc2O1. The number of ether oxygens (including phenoxy) is 1. The summed E-state index contributed by atoms with van der Waals surface area (Å²) in [6.07, 6.45) is 5.67. The lowest BCUT2D eigenvalue weighted by molar-refractivity contribution is 0.132. The van der Waals surface area contributed by atoms with Gasteiger partial charge in [0.05, 0.1) is 6.04 Å². The van der Waals surface area contributed by atoms with E-state index in [4.69, 9.17) is 4.74 Å². The van der Waals surface area contributed by atoms with E-state index in [1.807, 2.05) is 31.4 Å². The Balaban J connectivity index is 1.61. The van der Waals surface area contributed by atoms with Gasteiger partial charge in [0.25, 0.3) is 0 Å². The van der Waals surface area contributed by atoms with Crippen molar-refractivity contribution >= 4 is 0 Å². The molecule has 0 saturated heterocycles. The number of halogens is 1. The largest absolute Gasteiger partial charge is 0.488 e. The van der Waals surface area contributed by atoms with Crippen molar-refractivity contribution in [2.24, 2.45) is 0 Å². The number of likely N-dealkylation sites (N-methyl/N-ethyl adjacent to an activating group) is 1. The first-order valence-electron chi connectivity index (χ1n) is 8.87. The maximum atomic E-state index is 13.2. The summed E-state index contributed by atoms with van der Waals surface area (Å²) in [6.45, 7) is 0. The third kappa shape index (κ3) is 3.33. The molecule has 2 aromatic carbocycles. The molecule has 0 spiro atoms. The summed E-state index contributed by atoms with van der Waals surface area (Å²) in [5.41, 5.74) is 4.25. The molecule has 0 saturated carbocycles. The van der Waals surface area contributed by atoms with Crippen LogP contribution in [0.4, 0.5) is 4.39 Å². The van der Waals surface area contributed by atoms with Crippen molar-refractivity contribution in [1.29, 1.82) is 0 Å². The van der Waals surface area contributed by atoms with Crippen LogP contribution in [-0.2, 0) is 6.42 Å². The lowest BCUT2D eigenvalue weighted by atomic mass is 9.93. The topological polar surface area (TPSA) is 34.2 Å². The van der Waals surface area contributed by atoms with Crippen LogP contribution < -0.4 is 10.1 Å². The first-order chi connectivity index (χ1) is 12.7. The average molecular weight is 348 g/mol. The third-order valence-electron chi connectivity index (χ3n) is 4.93. The summed E-state index contributed by atoms with van der Waals surface area (Å²) in [5.74, 6) is 0.729. The Labute approximate surface area is 152 Å². The van der Waals surface area contributed by atoms with Crippen LogP contribution >= 0.6 is 0 Å². The predicted octanol–water partition coefficient (Wildman–Crippen LogP) is 4.54. The van der Waals surface area contributed by atoms with Crippen molar-refractivity contribution in [2.45, 2.75) is 25.0 Å². The van der Waals surface area contributed by atoms with Crippen molar-refractivity contribution in [3.63, 3.8) is 0 Å². The molecule has 132 valence electrons. The first kappa shape index (κ1) is 16.7. The normalized spacial score (nSPS) is 17.2. The zero-order valence-electron chi connectivity index (χ0n) is 14.7. The third-order valence-corrected chi connectivity index (χ3v) is 4.93. The maximum absolute atomic E-state index is 13.2.